The molecule has 10 rings (SSSR count). The molecule has 312 valence electrons. The Hall–Kier alpha value is -5.63. The Morgan fingerprint density at radius 2 is 1.38 bits per heavy atom. The van der Waals surface area contributed by atoms with Crippen LogP contribution >= 0.6 is 0 Å². The highest BCUT2D eigenvalue weighted by molar-refractivity contribution is 6.58. The zero-order valence-corrected chi connectivity index (χ0v) is 34.2. The molecule has 1 unspecified atom stereocenters. The van der Waals surface area contributed by atoms with E-state index < -0.39 is 36.8 Å². The summed E-state index contributed by atoms with van der Waals surface area (Å²) in [6.07, 6.45) is 6.24. The summed E-state index contributed by atoms with van der Waals surface area (Å²) < 4.78 is 0. The molecule has 0 radical (unpaired) electrons. The first-order valence-corrected chi connectivity index (χ1v) is 21.8. The highest BCUT2D eigenvalue weighted by Gasteiger charge is 2.46. The largest absolute Gasteiger partial charge is 0.488 e. The number of carbonyl (C=O) groups excluding carboxylic acids is 5. The topological polar surface area (TPSA) is 151 Å². The van der Waals surface area contributed by atoms with Gasteiger partial charge in [0.25, 0.3) is 11.8 Å². The number of fused-ring (bicyclic) bond motifs is 3. The molecule has 1 spiro atoms. The van der Waals surface area contributed by atoms with E-state index in [2.05, 4.69) is 75.8 Å². The molecule has 3 atom stereocenters. The van der Waals surface area contributed by atoms with Crippen LogP contribution in [0.15, 0.2) is 84.9 Å². The number of hydrogen-bond acceptors (Lipinski definition) is 9. The van der Waals surface area contributed by atoms with Gasteiger partial charge < -0.3 is 19.8 Å². The number of rotatable bonds is 7. The number of piperidine rings is 3. The van der Waals surface area contributed by atoms with E-state index in [4.69, 9.17) is 0 Å². The van der Waals surface area contributed by atoms with Crippen molar-refractivity contribution in [2.75, 3.05) is 37.6 Å². The first kappa shape index (κ1) is 39.5. The van der Waals surface area contributed by atoms with Crippen molar-refractivity contribution >= 4 is 47.8 Å². The molecule has 1 aliphatic carbocycles. The highest BCUT2D eigenvalue weighted by Crippen LogP contribution is 2.47. The fourth-order valence-electron chi connectivity index (χ4n) is 11.2. The molecule has 0 saturated carbocycles. The molecule has 5 amide bonds. The van der Waals surface area contributed by atoms with Crippen molar-refractivity contribution in [3.8, 4) is 0 Å². The lowest BCUT2D eigenvalue weighted by molar-refractivity contribution is -0.137. The molecule has 0 bridgehead atoms. The minimum absolute atomic E-state index is 0.0765. The predicted molar refractivity (Wildman–Crippen MR) is 229 cm³/mol. The Labute approximate surface area is 355 Å². The van der Waals surface area contributed by atoms with Gasteiger partial charge in [-0.05, 0) is 119 Å². The third kappa shape index (κ3) is 7.26. The number of likely N-dealkylation sites (tertiary alicyclic amines) is 1. The van der Waals surface area contributed by atoms with E-state index in [0.29, 0.717) is 24.5 Å². The summed E-state index contributed by atoms with van der Waals surface area (Å²) in [4.78, 5) is 72.0. The standard InChI is InChI=1S/C48H50BN5O7/c55-42-15-14-41(45(57)50-42)54-46(58)39-25-33-27-51(28-34(33)26-40(39)47(54)59)29-43(56)53-22-18-48(19-23-53)16-20-52(21-17-48)36-10-6-31(7-11-36)44-37(30-4-2-1-3-5-30)12-8-32-24-35(49(60)61)9-13-38(32)44/h1-7,9-11,13,24-26,37,41,44,60-61H,8,12,14-23,27-29H2,(H,50,55,57)/t37-,41?,44+/m1/s1. The summed E-state index contributed by atoms with van der Waals surface area (Å²) in [6.45, 7) is 4.71. The van der Waals surface area contributed by atoms with E-state index in [1.807, 2.05) is 17.0 Å². The highest BCUT2D eigenvalue weighted by atomic mass is 16.4. The maximum atomic E-state index is 13.6. The van der Waals surface area contributed by atoms with Gasteiger partial charge in [0.1, 0.15) is 6.04 Å². The van der Waals surface area contributed by atoms with Crippen LogP contribution in [0.3, 0.4) is 0 Å². The summed E-state index contributed by atoms with van der Waals surface area (Å²) in [6, 6.07) is 28.2. The zero-order chi connectivity index (χ0) is 42.0. The van der Waals surface area contributed by atoms with Crippen LogP contribution < -0.4 is 15.7 Å². The van der Waals surface area contributed by atoms with Crippen molar-refractivity contribution in [1.82, 2.24) is 20.0 Å². The number of carbonyl (C=O) groups is 5. The lowest BCUT2D eigenvalue weighted by Gasteiger charge is -2.47. The average molecular weight is 820 g/mol. The molecule has 61 heavy (non-hydrogen) atoms. The van der Waals surface area contributed by atoms with Crippen molar-refractivity contribution < 1.29 is 34.0 Å². The van der Waals surface area contributed by atoms with Gasteiger partial charge in [-0.25, -0.2) is 0 Å². The molecule has 3 fully saturated rings. The van der Waals surface area contributed by atoms with Gasteiger partial charge in [0.15, 0.2) is 0 Å². The van der Waals surface area contributed by atoms with Crippen LogP contribution in [-0.2, 0) is 33.9 Å². The summed E-state index contributed by atoms with van der Waals surface area (Å²) in [5, 5.41) is 22.0. The lowest BCUT2D eigenvalue weighted by atomic mass is 9.67. The molecule has 4 aromatic rings. The average Bonchev–Trinajstić information content (AvgIpc) is 3.78. The molecule has 0 aromatic heterocycles. The summed E-state index contributed by atoms with van der Waals surface area (Å²) >= 11 is 0. The second-order valence-electron chi connectivity index (χ2n) is 18.1. The number of benzene rings is 4. The summed E-state index contributed by atoms with van der Waals surface area (Å²) in [5.41, 5.74) is 9.40. The molecule has 3 N–H and O–H groups in total. The Bertz CT molecular complexity index is 2380. The molecular weight excluding hydrogens is 769 g/mol. The van der Waals surface area contributed by atoms with E-state index in [1.165, 1.54) is 27.9 Å². The number of nitrogens with zero attached hydrogens (tertiary/aromatic N) is 4. The first-order chi connectivity index (χ1) is 29.5. The van der Waals surface area contributed by atoms with Crippen LogP contribution in [-0.4, -0.2) is 100 Å². The fraction of sp³-hybridized carbons (Fsp3) is 0.396. The maximum absolute atomic E-state index is 13.6. The molecule has 3 saturated heterocycles. The molecule has 5 heterocycles. The summed E-state index contributed by atoms with van der Waals surface area (Å²) in [7, 11) is -1.48. The minimum atomic E-state index is -1.48. The van der Waals surface area contributed by atoms with Gasteiger partial charge in [-0.3, -0.25) is 39.1 Å². The minimum Gasteiger partial charge on any atom is -0.423 e. The molecule has 4 aromatic carbocycles. The molecule has 5 aliphatic heterocycles. The van der Waals surface area contributed by atoms with Crippen molar-refractivity contribution in [3.05, 3.63) is 129 Å². The molecule has 6 aliphatic rings. The fourth-order valence-corrected chi connectivity index (χ4v) is 11.2. The summed E-state index contributed by atoms with van der Waals surface area (Å²) in [5.74, 6) is -1.46. The maximum Gasteiger partial charge on any atom is 0.488 e. The van der Waals surface area contributed by atoms with Gasteiger partial charge in [0.2, 0.25) is 17.7 Å². The van der Waals surface area contributed by atoms with Gasteiger partial charge in [0.05, 0.1) is 17.7 Å². The monoisotopic (exact) mass is 819 g/mol. The molecular formula is C48H50BN5O7. The van der Waals surface area contributed by atoms with Crippen LogP contribution in [0.2, 0.25) is 0 Å². The predicted octanol–water partition coefficient (Wildman–Crippen LogP) is 3.85. The Morgan fingerprint density at radius 1 is 0.721 bits per heavy atom. The Balaban J connectivity index is 0.736. The number of imide groups is 2. The van der Waals surface area contributed by atoms with Crippen LogP contribution in [0.5, 0.6) is 0 Å². The zero-order valence-electron chi connectivity index (χ0n) is 34.2. The number of anilines is 1. The Morgan fingerprint density at radius 3 is 2.02 bits per heavy atom. The van der Waals surface area contributed by atoms with Crippen molar-refractivity contribution in [3.63, 3.8) is 0 Å². The van der Waals surface area contributed by atoms with E-state index in [9.17, 15) is 34.0 Å². The normalized spacial score (nSPS) is 23.5. The van der Waals surface area contributed by atoms with Crippen molar-refractivity contribution in [2.24, 2.45) is 5.41 Å². The van der Waals surface area contributed by atoms with Crippen LogP contribution in [0.4, 0.5) is 5.69 Å². The first-order valence-electron chi connectivity index (χ1n) is 21.8. The van der Waals surface area contributed by atoms with E-state index in [0.717, 1.165) is 80.7 Å². The van der Waals surface area contributed by atoms with E-state index in [1.54, 1.807) is 12.1 Å². The third-order valence-electron chi connectivity index (χ3n) is 14.7. The van der Waals surface area contributed by atoms with Crippen LogP contribution in [0.1, 0.15) is 111 Å². The quantitative estimate of drug-likeness (QED) is 0.187. The number of aryl methyl sites for hydroxylation is 1. The van der Waals surface area contributed by atoms with Crippen molar-refractivity contribution in [2.45, 2.75) is 82.3 Å². The third-order valence-corrected chi connectivity index (χ3v) is 14.7. The SMILES string of the molecule is O=C1CCC(N2C(=O)c3cc4c(cc3C2=O)CN(CC(=O)N2CCC3(CC2)CCN(c2ccc([C@@H]5c6ccc(B(O)O)cc6CC[C@@H]5c5ccccc5)cc2)CC3)C4)C(=O)N1. The second-order valence-corrected chi connectivity index (χ2v) is 18.1. The van der Waals surface area contributed by atoms with Gasteiger partial charge in [-0.1, -0.05) is 60.7 Å². The number of nitrogens with one attached hydrogen (secondary N) is 1. The van der Waals surface area contributed by atoms with Crippen LogP contribution in [0.25, 0.3) is 0 Å². The molecule has 13 heteroatoms. The lowest BCUT2D eigenvalue weighted by Crippen LogP contribution is -2.54. The Kier molecular flexibility index (Phi) is 10.2. The van der Waals surface area contributed by atoms with Crippen LogP contribution in [0, 0.1) is 5.41 Å². The van der Waals surface area contributed by atoms with E-state index in [-0.39, 0.29) is 47.8 Å². The number of amides is 5. The second kappa shape index (κ2) is 15.7. The van der Waals surface area contributed by atoms with Gasteiger partial charge in [-0.2, -0.15) is 0 Å². The van der Waals surface area contributed by atoms with Gasteiger partial charge in [0, 0.05) is 57.3 Å². The van der Waals surface area contributed by atoms with Gasteiger partial charge >= 0.3 is 7.12 Å². The van der Waals surface area contributed by atoms with Gasteiger partial charge in [-0.15, -0.1) is 0 Å². The van der Waals surface area contributed by atoms with E-state index >= 15 is 0 Å². The van der Waals surface area contributed by atoms with Crippen molar-refractivity contribution in [1.29, 1.82) is 0 Å². The molecule has 12 nitrogen and oxygen atoms in total. The smallest absolute Gasteiger partial charge is 0.423 e. The number of hydrogen-bond donors (Lipinski definition) is 3.